The summed E-state index contributed by atoms with van der Waals surface area (Å²) in [5, 5.41) is 17.3. The third-order valence-electron chi connectivity index (χ3n) is 6.55. The van der Waals surface area contributed by atoms with Crippen LogP contribution in [0.15, 0.2) is 42.6 Å². The van der Waals surface area contributed by atoms with Crippen LogP contribution in [0.3, 0.4) is 0 Å². The summed E-state index contributed by atoms with van der Waals surface area (Å²) in [5.74, 6) is 0.108. The number of hydrogen-bond donors (Lipinski definition) is 3. The van der Waals surface area contributed by atoms with Crippen LogP contribution in [0, 0.1) is 6.08 Å². The van der Waals surface area contributed by atoms with E-state index in [9.17, 15) is 5.11 Å². The van der Waals surface area contributed by atoms with Crippen molar-refractivity contribution < 1.29 is 5.11 Å². The molecule has 0 bridgehead atoms. The van der Waals surface area contributed by atoms with E-state index in [4.69, 9.17) is 11.6 Å². The molecule has 4 rings (SSSR count). The molecule has 2 aromatic carbocycles. The lowest BCUT2D eigenvalue weighted by Gasteiger charge is -2.37. The minimum atomic E-state index is 0.0730. The number of benzene rings is 2. The summed E-state index contributed by atoms with van der Waals surface area (Å²) < 4.78 is 0. The van der Waals surface area contributed by atoms with E-state index in [1.165, 1.54) is 31.2 Å². The van der Waals surface area contributed by atoms with Gasteiger partial charge in [-0.25, -0.2) is 0 Å². The molecule has 1 radical (unpaired) electrons. The van der Waals surface area contributed by atoms with Crippen LogP contribution in [-0.2, 0) is 0 Å². The van der Waals surface area contributed by atoms with Crippen LogP contribution >= 0.6 is 11.6 Å². The van der Waals surface area contributed by atoms with Gasteiger partial charge in [0.25, 0.3) is 0 Å². The quantitative estimate of drug-likeness (QED) is 0.553. The Morgan fingerprint density at radius 2 is 1.77 bits per heavy atom. The third kappa shape index (κ3) is 4.51. The highest BCUT2D eigenvalue weighted by molar-refractivity contribution is 6.32. The second kappa shape index (κ2) is 9.42. The van der Waals surface area contributed by atoms with Gasteiger partial charge in [-0.1, -0.05) is 37.6 Å². The predicted molar refractivity (Wildman–Crippen MR) is 125 cm³/mol. The fourth-order valence-electron chi connectivity index (χ4n) is 4.81. The number of phenols is 1. The number of halogens is 1. The summed E-state index contributed by atoms with van der Waals surface area (Å²) in [6.45, 7) is 6.81. The van der Waals surface area contributed by atoms with Crippen molar-refractivity contribution in [3.8, 4) is 16.9 Å². The SMILES string of the molecule is CCN(CC)C1CCC(NC2[C]=CNc3ccc(-c4ccc(O)c(Cl)c4)cc32)CC1. The molecular weight excluding hydrogens is 394 g/mol. The molecule has 1 unspecified atom stereocenters. The Balaban J connectivity index is 1.48. The van der Waals surface area contributed by atoms with E-state index >= 15 is 0 Å². The van der Waals surface area contributed by atoms with Gasteiger partial charge in [-0.2, -0.15) is 0 Å². The second-order valence-electron chi connectivity index (χ2n) is 8.25. The standard InChI is InChI=1S/C25H31ClN3O/c1-3-29(4-2)20-9-7-19(8-10-20)28-24-13-14-27-23-11-5-17(15-21(23)24)18-6-12-25(30)22(26)16-18/h5-6,11-12,14-16,19-20,24,27-28,30H,3-4,7-10H2,1-2H3. The van der Waals surface area contributed by atoms with Crippen molar-refractivity contribution in [2.75, 3.05) is 18.4 Å². The third-order valence-corrected chi connectivity index (χ3v) is 6.85. The first kappa shape index (κ1) is 21.2. The van der Waals surface area contributed by atoms with Gasteiger partial charge in [0.05, 0.1) is 11.1 Å². The number of anilines is 1. The molecule has 0 amide bonds. The number of hydrogen-bond acceptors (Lipinski definition) is 4. The molecule has 1 atom stereocenters. The van der Waals surface area contributed by atoms with Crippen molar-refractivity contribution in [1.82, 2.24) is 10.2 Å². The molecule has 1 aliphatic carbocycles. The van der Waals surface area contributed by atoms with Crippen LogP contribution in [0.4, 0.5) is 5.69 Å². The second-order valence-corrected chi connectivity index (χ2v) is 8.66. The van der Waals surface area contributed by atoms with Crippen molar-refractivity contribution in [3.63, 3.8) is 0 Å². The first-order valence-corrected chi connectivity index (χ1v) is 11.4. The maximum absolute atomic E-state index is 9.72. The van der Waals surface area contributed by atoms with Crippen LogP contribution in [0.1, 0.15) is 51.1 Å². The van der Waals surface area contributed by atoms with E-state index in [1.54, 1.807) is 6.07 Å². The van der Waals surface area contributed by atoms with Crippen molar-refractivity contribution in [2.24, 2.45) is 0 Å². The zero-order valence-electron chi connectivity index (χ0n) is 17.8. The highest BCUT2D eigenvalue weighted by Crippen LogP contribution is 2.35. The van der Waals surface area contributed by atoms with E-state index in [2.05, 4.69) is 53.7 Å². The van der Waals surface area contributed by atoms with Gasteiger partial charge in [-0.3, -0.25) is 0 Å². The number of aromatic hydroxyl groups is 1. The molecule has 0 spiro atoms. The Morgan fingerprint density at radius 3 is 2.47 bits per heavy atom. The zero-order valence-corrected chi connectivity index (χ0v) is 18.5. The van der Waals surface area contributed by atoms with Crippen LogP contribution in [-0.4, -0.2) is 35.2 Å². The first-order valence-electron chi connectivity index (χ1n) is 11.1. The normalized spacial score (nSPS) is 23.3. The van der Waals surface area contributed by atoms with Crippen molar-refractivity contribution in [3.05, 3.63) is 59.3 Å². The molecule has 3 N–H and O–H groups in total. The van der Waals surface area contributed by atoms with Gasteiger partial charge in [0.1, 0.15) is 5.75 Å². The molecule has 0 aromatic heterocycles. The number of nitrogens with one attached hydrogen (secondary N) is 2. The number of fused-ring (bicyclic) bond motifs is 1. The Morgan fingerprint density at radius 1 is 1.07 bits per heavy atom. The van der Waals surface area contributed by atoms with Crippen LogP contribution < -0.4 is 10.6 Å². The molecule has 30 heavy (non-hydrogen) atoms. The maximum Gasteiger partial charge on any atom is 0.134 e. The van der Waals surface area contributed by atoms with Gasteiger partial charge in [0, 0.05) is 24.0 Å². The highest BCUT2D eigenvalue weighted by atomic mass is 35.5. The summed E-state index contributed by atoms with van der Waals surface area (Å²) in [4.78, 5) is 2.59. The molecular formula is C25H31ClN3O. The summed E-state index contributed by atoms with van der Waals surface area (Å²) in [7, 11) is 0. The maximum atomic E-state index is 9.72. The number of phenolic OH excluding ortho intramolecular Hbond substituents is 1. The summed E-state index contributed by atoms with van der Waals surface area (Å²) in [5.41, 5.74) is 4.38. The largest absolute Gasteiger partial charge is 0.506 e. The Bertz CT molecular complexity index is 901. The lowest BCUT2D eigenvalue weighted by Crippen LogP contribution is -2.43. The van der Waals surface area contributed by atoms with Crippen molar-refractivity contribution in [1.29, 1.82) is 0 Å². The summed E-state index contributed by atoms with van der Waals surface area (Å²) in [6, 6.07) is 13.1. The van der Waals surface area contributed by atoms with Crippen LogP contribution in [0.2, 0.25) is 5.02 Å². The van der Waals surface area contributed by atoms with Crippen LogP contribution in [0.25, 0.3) is 11.1 Å². The zero-order chi connectivity index (χ0) is 21.1. The molecule has 1 saturated carbocycles. The van der Waals surface area contributed by atoms with Crippen molar-refractivity contribution >= 4 is 17.3 Å². The molecule has 5 heteroatoms. The average Bonchev–Trinajstić information content (AvgIpc) is 2.77. The molecule has 159 valence electrons. The molecule has 2 aliphatic rings. The lowest BCUT2D eigenvalue weighted by molar-refractivity contribution is 0.155. The van der Waals surface area contributed by atoms with Gasteiger partial charge in [0.2, 0.25) is 0 Å². The average molecular weight is 425 g/mol. The minimum Gasteiger partial charge on any atom is -0.506 e. The molecule has 0 saturated heterocycles. The summed E-state index contributed by atoms with van der Waals surface area (Å²) in [6.07, 6.45) is 10.3. The summed E-state index contributed by atoms with van der Waals surface area (Å²) >= 11 is 6.12. The van der Waals surface area contributed by atoms with Gasteiger partial charge in [-0.05, 0) is 85.8 Å². The molecule has 1 aliphatic heterocycles. The van der Waals surface area contributed by atoms with Gasteiger partial charge in [-0.15, -0.1) is 0 Å². The highest BCUT2D eigenvalue weighted by Gasteiger charge is 2.27. The monoisotopic (exact) mass is 424 g/mol. The lowest BCUT2D eigenvalue weighted by atomic mass is 9.88. The van der Waals surface area contributed by atoms with Crippen molar-refractivity contribution in [2.45, 2.75) is 57.7 Å². The number of rotatable bonds is 6. The topological polar surface area (TPSA) is 47.5 Å². The van der Waals surface area contributed by atoms with E-state index < -0.39 is 0 Å². The van der Waals surface area contributed by atoms with Crippen LogP contribution in [0.5, 0.6) is 5.75 Å². The Hall–Kier alpha value is -2.01. The first-order chi connectivity index (χ1) is 14.6. The minimum absolute atomic E-state index is 0.0730. The molecule has 1 fully saturated rings. The van der Waals surface area contributed by atoms with Gasteiger partial charge >= 0.3 is 0 Å². The smallest absolute Gasteiger partial charge is 0.134 e. The van der Waals surface area contributed by atoms with E-state index in [0.717, 1.165) is 35.9 Å². The molecule has 4 nitrogen and oxygen atoms in total. The van der Waals surface area contributed by atoms with Gasteiger partial charge in [0.15, 0.2) is 0 Å². The number of nitrogens with zero attached hydrogens (tertiary/aromatic N) is 1. The fraction of sp³-hybridized carbons (Fsp3) is 0.440. The Labute approximate surface area is 184 Å². The van der Waals surface area contributed by atoms with Gasteiger partial charge < -0.3 is 20.6 Å². The Kier molecular flexibility index (Phi) is 6.67. The van der Waals surface area contributed by atoms with E-state index in [1.807, 2.05) is 18.3 Å². The molecule has 1 heterocycles. The van der Waals surface area contributed by atoms with E-state index in [-0.39, 0.29) is 11.8 Å². The molecule has 2 aromatic rings. The predicted octanol–water partition coefficient (Wildman–Crippen LogP) is 5.74. The van der Waals surface area contributed by atoms with E-state index in [0.29, 0.717) is 11.1 Å². The fourth-order valence-corrected chi connectivity index (χ4v) is 4.99.